The Balaban J connectivity index is 1.68. The van der Waals surface area contributed by atoms with Crippen molar-refractivity contribution < 1.29 is 14.3 Å². The number of nitrogens with zero attached hydrogens (tertiary/aromatic N) is 2. The maximum Gasteiger partial charge on any atom is 0.244 e. The lowest BCUT2D eigenvalue weighted by Gasteiger charge is -2.38. The Kier molecular flexibility index (Phi) is 7.75. The average molecular weight is 403 g/mol. The van der Waals surface area contributed by atoms with Crippen molar-refractivity contribution in [3.8, 4) is 5.75 Å². The zero-order valence-corrected chi connectivity index (χ0v) is 17.7. The number of carbonyl (C=O) groups is 1. The van der Waals surface area contributed by atoms with E-state index in [1.807, 2.05) is 24.0 Å². The Hall–Kier alpha value is -2.28. The van der Waals surface area contributed by atoms with Gasteiger partial charge < -0.3 is 25.0 Å². The van der Waals surface area contributed by atoms with Crippen LogP contribution in [0.2, 0.25) is 0 Å². The van der Waals surface area contributed by atoms with Gasteiger partial charge in [-0.15, -0.1) is 0 Å². The second-order valence-corrected chi connectivity index (χ2v) is 7.76. The van der Waals surface area contributed by atoms with E-state index >= 15 is 0 Å². The second-order valence-electron chi connectivity index (χ2n) is 7.76. The van der Waals surface area contributed by atoms with E-state index in [0.717, 1.165) is 70.8 Å². The second kappa shape index (κ2) is 10.5. The minimum absolute atomic E-state index is 0.0281. The molecule has 2 fully saturated rings. The van der Waals surface area contributed by atoms with Crippen LogP contribution in [0.4, 0.5) is 0 Å². The molecular weight excluding hydrogens is 368 g/mol. The molecule has 0 bridgehead atoms. The Morgan fingerprint density at radius 1 is 1.17 bits per heavy atom. The summed E-state index contributed by atoms with van der Waals surface area (Å²) in [6, 6.07) is 8.32. The largest absolute Gasteiger partial charge is 0.497 e. The van der Waals surface area contributed by atoms with Gasteiger partial charge in [0, 0.05) is 44.8 Å². The molecule has 0 saturated carbocycles. The summed E-state index contributed by atoms with van der Waals surface area (Å²) in [5.41, 5.74) is 1.25. The minimum Gasteiger partial charge on any atom is -0.497 e. The lowest BCUT2D eigenvalue weighted by Crippen LogP contribution is -2.48. The third kappa shape index (κ3) is 5.63. The number of hydrogen-bond donors (Lipinski definition) is 2. The van der Waals surface area contributed by atoms with Gasteiger partial charge in [0.1, 0.15) is 12.3 Å². The van der Waals surface area contributed by atoms with Gasteiger partial charge in [-0.2, -0.15) is 0 Å². The maximum atomic E-state index is 12.3. The number of ether oxygens (including phenoxy) is 2. The van der Waals surface area contributed by atoms with Gasteiger partial charge in [0.2, 0.25) is 5.91 Å². The smallest absolute Gasteiger partial charge is 0.244 e. The molecule has 3 rings (SSSR count). The molecule has 7 nitrogen and oxygen atoms in total. The van der Waals surface area contributed by atoms with E-state index in [9.17, 15) is 4.79 Å². The summed E-state index contributed by atoms with van der Waals surface area (Å²) < 4.78 is 10.9. The first-order chi connectivity index (χ1) is 14.2. The molecule has 0 aromatic heterocycles. The number of aliphatic imine (C=N–C) groups is 1. The highest BCUT2D eigenvalue weighted by Gasteiger charge is 2.34. The number of benzene rings is 1. The monoisotopic (exact) mass is 402 g/mol. The van der Waals surface area contributed by atoms with Gasteiger partial charge in [0.15, 0.2) is 5.96 Å². The molecule has 0 radical (unpaired) electrons. The maximum absolute atomic E-state index is 12.3. The van der Waals surface area contributed by atoms with Gasteiger partial charge in [-0.25, -0.2) is 4.99 Å². The quantitative estimate of drug-likeness (QED) is 0.538. The number of amides is 1. The topological polar surface area (TPSA) is 75.2 Å². The number of carbonyl (C=O) groups excluding carboxylic acids is 1. The zero-order chi connectivity index (χ0) is 20.5. The van der Waals surface area contributed by atoms with Crippen LogP contribution in [0.1, 0.15) is 38.2 Å². The van der Waals surface area contributed by atoms with Crippen molar-refractivity contribution >= 4 is 11.9 Å². The molecule has 2 aliphatic heterocycles. The first kappa shape index (κ1) is 21.4. The predicted molar refractivity (Wildman–Crippen MR) is 115 cm³/mol. The highest BCUT2D eigenvalue weighted by Crippen LogP contribution is 2.35. The van der Waals surface area contributed by atoms with Crippen LogP contribution in [-0.4, -0.2) is 69.8 Å². The van der Waals surface area contributed by atoms with Crippen LogP contribution in [0.5, 0.6) is 5.75 Å². The number of nitrogens with one attached hydrogen (secondary N) is 2. The predicted octanol–water partition coefficient (Wildman–Crippen LogP) is 1.92. The standard InChI is InChI=1S/C22H34N4O3/c1-3-23-21(24-16-20(27)26-12-4-5-13-26)25-17-22(10-14-29-15-11-22)18-6-8-19(28-2)9-7-18/h6-9H,3-5,10-17H2,1-2H3,(H2,23,24,25). The van der Waals surface area contributed by atoms with Crippen molar-refractivity contribution in [1.82, 2.24) is 15.5 Å². The third-order valence-corrected chi connectivity index (χ3v) is 5.92. The van der Waals surface area contributed by atoms with Gasteiger partial charge in [-0.05, 0) is 50.3 Å². The van der Waals surface area contributed by atoms with Crippen molar-refractivity contribution in [2.24, 2.45) is 4.99 Å². The molecule has 29 heavy (non-hydrogen) atoms. The van der Waals surface area contributed by atoms with E-state index < -0.39 is 0 Å². The van der Waals surface area contributed by atoms with Crippen molar-refractivity contribution in [3.63, 3.8) is 0 Å². The summed E-state index contributed by atoms with van der Waals surface area (Å²) in [7, 11) is 1.68. The normalized spacial score (nSPS) is 19.1. The molecule has 160 valence electrons. The summed E-state index contributed by atoms with van der Waals surface area (Å²) in [5.74, 6) is 1.66. The number of methoxy groups -OCH3 is 1. The van der Waals surface area contributed by atoms with Crippen molar-refractivity contribution in [3.05, 3.63) is 29.8 Å². The lowest BCUT2D eigenvalue weighted by atomic mass is 9.74. The van der Waals surface area contributed by atoms with Crippen molar-refractivity contribution in [2.45, 2.75) is 38.0 Å². The number of likely N-dealkylation sites (tertiary alicyclic amines) is 1. The number of rotatable bonds is 7. The fourth-order valence-electron chi connectivity index (χ4n) is 4.08. The molecule has 2 saturated heterocycles. The summed E-state index contributed by atoms with van der Waals surface area (Å²) in [6.07, 6.45) is 4.08. The first-order valence-electron chi connectivity index (χ1n) is 10.7. The molecule has 0 spiro atoms. The summed E-state index contributed by atoms with van der Waals surface area (Å²) >= 11 is 0. The highest BCUT2D eigenvalue weighted by molar-refractivity contribution is 5.85. The van der Waals surface area contributed by atoms with E-state index in [1.54, 1.807) is 7.11 Å². The molecule has 2 heterocycles. The molecule has 0 unspecified atom stereocenters. The molecule has 2 aliphatic rings. The summed E-state index contributed by atoms with van der Waals surface area (Å²) in [5, 5.41) is 6.76. The van der Waals surface area contributed by atoms with E-state index in [2.05, 4.69) is 27.8 Å². The fourth-order valence-corrected chi connectivity index (χ4v) is 4.08. The Labute approximate surface area is 173 Å². The van der Waals surface area contributed by atoms with Crippen molar-refractivity contribution in [2.75, 3.05) is 53.0 Å². The summed E-state index contributed by atoms with van der Waals surface area (Å²) in [4.78, 5) is 18.8. The van der Waals surface area contributed by atoms with Crippen LogP contribution in [0, 0.1) is 0 Å². The molecule has 1 amide bonds. The molecule has 0 aliphatic carbocycles. The Bertz CT molecular complexity index is 678. The van der Waals surface area contributed by atoms with Crippen LogP contribution in [0.25, 0.3) is 0 Å². The third-order valence-electron chi connectivity index (χ3n) is 5.92. The van der Waals surface area contributed by atoms with E-state index in [0.29, 0.717) is 5.96 Å². The van der Waals surface area contributed by atoms with Crippen molar-refractivity contribution in [1.29, 1.82) is 0 Å². The van der Waals surface area contributed by atoms with Gasteiger partial charge in [0.05, 0.1) is 7.11 Å². The molecule has 7 heteroatoms. The van der Waals surface area contributed by atoms with E-state index in [1.165, 1.54) is 5.56 Å². The molecule has 1 aromatic rings. The van der Waals surface area contributed by atoms with E-state index in [4.69, 9.17) is 9.47 Å². The van der Waals surface area contributed by atoms with Gasteiger partial charge in [-0.1, -0.05) is 12.1 Å². The SMILES string of the molecule is CCNC(=NCC(=O)N1CCCC1)NCC1(c2ccc(OC)cc2)CCOCC1. The van der Waals surface area contributed by atoms with Gasteiger partial charge >= 0.3 is 0 Å². The number of guanidine groups is 1. The molecule has 0 atom stereocenters. The van der Waals surface area contributed by atoms with Crippen LogP contribution >= 0.6 is 0 Å². The van der Waals surface area contributed by atoms with E-state index in [-0.39, 0.29) is 17.9 Å². The highest BCUT2D eigenvalue weighted by atomic mass is 16.5. The Morgan fingerprint density at radius 3 is 2.48 bits per heavy atom. The zero-order valence-electron chi connectivity index (χ0n) is 17.7. The van der Waals surface area contributed by atoms with Gasteiger partial charge in [-0.3, -0.25) is 4.79 Å². The first-order valence-corrected chi connectivity index (χ1v) is 10.7. The molecule has 2 N–H and O–H groups in total. The molecule has 1 aromatic carbocycles. The average Bonchev–Trinajstić information content (AvgIpc) is 3.31. The Morgan fingerprint density at radius 2 is 1.86 bits per heavy atom. The summed E-state index contributed by atoms with van der Waals surface area (Å²) in [6.45, 7) is 6.93. The van der Waals surface area contributed by atoms with Gasteiger partial charge in [0.25, 0.3) is 0 Å². The van der Waals surface area contributed by atoms with Crippen LogP contribution in [0.15, 0.2) is 29.3 Å². The van der Waals surface area contributed by atoms with Crippen LogP contribution in [0.3, 0.4) is 0 Å². The minimum atomic E-state index is -0.0281. The lowest BCUT2D eigenvalue weighted by molar-refractivity contribution is -0.128. The molecular formula is C22H34N4O3. The van der Waals surface area contributed by atoms with Crippen LogP contribution < -0.4 is 15.4 Å². The number of hydrogen-bond acceptors (Lipinski definition) is 4. The van der Waals surface area contributed by atoms with Crippen LogP contribution in [-0.2, 0) is 14.9 Å². The fraction of sp³-hybridized carbons (Fsp3) is 0.636.